The van der Waals surface area contributed by atoms with Crippen LogP contribution >= 0.6 is 11.5 Å². The van der Waals surface area contributed by atoms with Crippen LogP contribution in [0.1, 0.15) is 40.6 Å². The molecule has 0 unspecified atom stereocenters. The molecule has 2 aromatic rings. The van der Waals surface area contributed by atoms with Crippen molar-refractivity contribution in [2.75, 3.05) is 0 Å². The molecule has 0 aliphatic heterocycles. The van der Waals surface area contributed by atoms with E-state index in [1.54, 1.807) is 0 Å². The second-order valence-corrected chi connectivity index (χ2v) is 4.85. The monoisotopic (exact) mass is 264 g/mol. The Balaban J connectivity index is 2.21. The molecule has 0 radical (unpaired) electrons. The maximum Gasteiger partial charge on any atom is 0.182 e. The van der Waals surface area contributed by atoms with Crippen molar-refractivity contribution in [3.63, 3.8) is 0 Å². The van der Waals surface area contributed by atoms with Gasteiger partial charge >= 0.3 is 0 Å². The van der Waals surface area contributed by atoms with Gasteiger partial charge in [-0.15, -0.1) is 5.10 Å². The molecule has 0 N–H and O–H groups in total. The summed E-state index contributed by atoms with van der Waals surface area (Å²) in [5.41, 5.74) is 2.69. The average Bonchev–Trinajstić information content (AvgIpc) is 2.95. The molecular weight excluding hydrogens is 248 g/mol. The number of aryl methyl sites for hydroxylation is 3. The number of rotatable bonds is 5. The van der Waals surface area contributed by atoms with Crippen LogP contribution in [-0.4, -0.2) is 25.2 Å². The lowest BCUT2D eigenvalue weighted by Crippen LogP contribution is -2.10. The van der Waals surface area contributed by atoms with Crippen LogP contribution in [0.3, 0.4) is 0 Å². The van der Waals surface area contributed by atoms with Crippen molar-refractivity contribution < 1.29 is 4.79 Å². The summed E-state index contributed by atoms with van der Waals surface area (Å²) < 4.78 is 5.72. The minimum absolute atomic E-state index is 0.0800. The molecule has 96 valence electrons. The fourth-order valence-corrected chi connectivity index (χ4v) is 2.60. The van der Waals surface area contributed by atoms with E-state index in [1.165, 1.54) is 11.5 Å². The van der Waals surface area contributed by atoms with E-state index < -0.39 is 0 Å². The fraction of sp³-hybridized carbons (Fsp3) is 0.500. The van der Waals surface area contributed by atoms with E-state index in [1.807, 2.05) is 31.5 Å². The van der Waals surface area contributed by atoms with Crippen LogP contribution in [0.4, 0.5) is 0 Å². The summed E-state index contributed by atoms with van der Waals surface area (Å²) in [5.74, 6) is 0.0800. The minimum Gasteiger partial charge on any atom is -0.293 e. The molecule has 0 aromatic carbocycles. The van der Waals surface area contributed by atoms with Gasteiger partial charge < -0.3 is 0 Å². The molecular formula is C12H16N4OS. The summed E-state index contributed by atoms with van der Waals surface area (Å²) >= 11 is 1.18. The first-order valence-electron chi connectivity index (χ1n) is 6.03. The number of nitrogens with zero attached hydrogens (tertiary/aromatic N) is 4. The van der Waals surface area contributed by atoms with Gasteiger partial charge in [-0.3, -0.25) is 9.48 Å². The Hall–Kier alpha value is -1.56. The van der Waals surface area contributed by atoms with E-state index in [4.69, 9.17) is 0 Å². The van der Waals surface area contributed by atoms with Crippen LogP contribution < -0.4 is 0 Å². The average molecular weight is 264 g/mol. The Morgan fingerprint density at radius 1 is 1.44 bits per heavy atom. The third-order valence-corrected chi connectivity index (χ3v) is 3.58. The lowest BCUT2D eigenvalue weighted by atomic mass is 10.1. The lowest BCUT2D eigenvalue weighted by Gasteiger charge is -2.03. The van der Waals surface area contributed by atoms with Gasteiger partial charge in [-0.1, -0.05) is 11.4 Å². The summed E-state index contributed by atoms with van der Waals surface area (Å²) in [6.07, 6.45) is 1.11. The zero-order valence-corrected chi connectivity index (χ0v) is 11.6. The third kappa shape index (κ3) is 2.48. The van der Waals surface area contributed by atoms with Crippen molar-refractivity contribution in [3.8, 4) is 0 Å². The summed E-state index contributed by atoms with van der Waals surface area (Å²) in [6, 6.07) is 1.96. The molecule has 0 saturated heterocycles. The molecule has 0 fully saturated rings. The van der Waals surface area contributed by atoms with Crippen LogP contribution in [0.15, 0.2) is 6.07 Å². The molecule has 0 aliphatic carbocycles. The molecule has 6 heteroatoms. The molecule has 5 nitrogen and oxygen atoms in total. The van der Waals surface area contributed by atoms with Gasteiger partial charge in [0.05, 0.1) is 17.8 Å². The Morgan fingerprint density at radius 3 is 2.89 bits per heavy atom. The quantitative estimate of drug-likeness (QED) is 0.775. The van der Waals surface area contributed by atoms with Crippen molar-refractivity contribution >= 4 is 17.3 Å². The van der Waals surface area contributed by atoms with Crippen LogP contribution in [0.2, 0.25) is 0 Å². The van der Waals surface area contributed by atoms with Gasteiger partial charge in [-0.25, -0.2) is 0 Å². The van der Waals surface area contributed by atoms with Crippen molar-refractivity contribution in [3.05, 3.63) is 28.0 Å². The molecule has 2 heterocycles. The smallest absolute Gasteiger partial charge is 0.182 e. The first-order chi connectivity index (χ1) is 8.65. The zero-order chi connectivity index (χ0) is 13.1. The molecule has 0 spiro atoms. The predicted octanol–water partition coefficient (Wildman–Crippen LogP) is 2.05. The molecule has 0 amide bonds. The van der Waals surface area contributed by atoms with Gasteiger partial charge in [0.1, 0.15) is 4.88 Å². The second-order valence-electron chi connectivity index (χ2n) is 4.10. The number of aromatic nitrogens is 4. The van der Waals surface area contributed by atoms with Crippen LogP contribution in [-0.2, 0) is 19.4 Å². The van der Waals surface area contributed by atoms with E-state index >= 15 is 0 Å². The predicted molar refractivity (Wildman–Crippen MR) is 70.0 cm³/mol. The van der Waals surface area contributed by atoms with Gasteiger partial charge in [0.15, 0.2) is 5.78 Å². The molecule has 18 heavy (non-hydrogen) atoms. The fourth-order valence-electron chi connectivity index (χ4n) is 1.91. The Labute approximate surface area is 110 Å². The van der Waals surface area contributed by atoms with Gasteiger partial charge in [-0.05, 0) is 37.9 Å². The topological polar surface area (TPSA) is 60.7 Å². The summed E-state index contributed by atoms with van der Waals surface area (Å²) in [4.78, 5) is 12.9. The van der Waals surface area contributed by atoms with Crippen molar-refractivity contribution in [1.82, 2.24) is 19.4 Å². The number of hydrogen-bond acceptors (Lipinski definition) is 5. The SMILES string of the molecule is CCc1nnsc1C(=O)Cc1cc(C)nn1CC. The number of carbonyl (C=O) groups is 1. The summed E-state index contributed by atoms with van der Waals surface area (Å²) in [7, 11) is 0. The highest BCUT2D eigenvalue weighted by atomic mass is 32.1. The van der Waals surface area contributed by atoms with Crippen LogP contribution in [0, 0.1) is 6.92 Å². The van der Waals surface area contributed by atoms with Crippen molar-refractivity contribution in [1.29, 1.82) is 0 Å². The van der Waals surface area contributed by atoms with Gasteiger partial charge in [0, 0.05) is 12.2 Å². The number of Topliss-reactive ketones (excluding diaryl/α,β-unsaturated/α-hetero) is 1. The number of hydrogen-bond donors (Lipinski definition) is 0. The standard InChI is InChI=1S/C12H16N4OS/c1-4-10-12(18-15-13-10)11(17)7-9-6-8(3)14-16(9)5-2/h6H,4-5,7H2,1-3H3. The van der Waals surface area contributed by atoms with Crippen molar-refractivity contribution in [2.24, 2.45) is 0 Å². The van der Waals surface area contributed by atoms with Gasteiger partial charge in [-0.2, -0.15) is 5.10 Å². The molecule has 2 rings (SSSR count). The lowest BCUT2D eigenvalue weighted by molar-refractivity contribution is 0.0993. The second kappa shape index (κ2) is 5.39. The van der Waals surface area contributed by atoms with Gasteiger partial charge in [0.2, 0.25) is 0 Å². The van der Waals surface area contributed by atoms with E-state index in [2.05, 4.69) is 14.7 Å². The Bertz CT molecular complexity index is 558. The maximum absolute atomic E-state index is 12.2. The molecule has 0 saturated carbocycles. The summed E-state index contributed by atoms with van der Waals surface area (Å²) in [6.45, 7) is 6.71. The molecule has 0 bridgehead atoms. The van der Waals surface area contributed by atoms with E-state index in [0.29, 0.717) is 11.3 Å². The van der Waals surface area contributed by atoms with E-state index in [9.17, 15) is 4.79 Å². The highest BCUT2D eigenvalue weighted by molar-refractivity contribution is 7.08. The van der Waals surface area contributed by atoms with Crippen molar-refractivity contribution in [2.45, 2.75) is 40.2 Å². The van der Waals surface area contributed by atoms with E-state index in [0.717, 1.165) is 30.0 Å². The maximum atomic E-state index is 12.2. The Morgan fingerprint density at radius 2 is 2.22 bits per heavy atom. The molecule has 0 aliphatic rings. The number of carbonyl (C=O) groups excluding carboxylic acids is 1. The molecule has 0 atom stereocenters. The first-order valence-corrected chi connectivity index (χ1v) is 6.80. The third-order valence-electron chi connectivity index (χ3n) is 2.77. The van der Waals surface area contributed by atoms with E-state index in [-0.39, 0.29) is 5.78 Å². The normalized spacial score (nSPS) is 10.8. The largest absolute Gasteiger partial charge is 0.293 e. The molecule has 2 aromatic heterocycles. The summed E-state index contributed by atoms with van der Waals surface area (Å²) in [5, 5.41) is 8.31. The van der Waals surface area contributed by atoms with Crippen LogP contribution in [0.5, 0.6) is 0 Å². The highest BCUT2D eigenvalue weighted by Crippen LogP contribution is 2.15. The zero-order valence-electron chi connectivity index (χ0n) is 10.8. The highest BCUT2D eigenvalue weighted by Gasteiger charge is 2.17. The first kappa shape index (κ1) is 12.9. The van der Waals surface area contributed by atoms with Crippen LogP contribution in [0.25, 0.3) is 0 Å². The Kier molecular flexibility index (Phi) is 3.86. The van der Waals surface area contributed by atoms with Gasteiger partial charge in [0.25, 0.3) is 0 Å². The minimum atomic E-state index is 0.0800. The number of ketones is 1.